The summed E-state index contributed by atoms with van der Waals surface area (Å²) < 4.78 is 5.39. The molecule has 1 N–H and O–H groups in total. The standard InChI is InChI=1S/C16H27N3O/c1-5-6-9-12-18-16(17-2)19(3)13-14-10-7-8-11-15(14)20-4/h7-8,10-11H,5-6,9,12-13H2,1-4H3,(H,17,18). The van der Waals surface area contributed by atoms with Gasteiger partial charge in [-0.15, -0.1) is 0 Å². The zero-order valence-corrected chi connectivity index (χ0v) is 13.1. The fourth-order valence-corrected chi connectivity index (χ4v) is 2.12. The molecule has 4 heteroatoms. The molecular formula is C16H27N3O. The van der Waals surface area contributed by atoms with Crippen molar-refractivity contribution in [3.05, 3.63) is 29.8 Å². The second kappa shape index (κ2) is 9.23. The Morgan fingerprint density at radius 1 is 1.30 bits per heavy atom. The molecule has 4 nitrogen and oxygen atoms in total. The summed E-state index contributed by atoms with van der Waals surface area (Å²) in [5, 5.41) is 3.40. The van der Waals surface area contributed by atoms with Crippen molar-refractivity contribution in [3.63, 3.8) is 0 Å². The van der Waals surface area contributed by atoms with E-state index < -0.39 is 0 Å². The van der Waals surface area contributed by atoms with E-state index in [1.165, 1.54) is 19.3 Å². The Morgan fingerprint density at radius 2 is 2.05 bits per heavy atom. The molecule has 0 atom stereocenters. The third-order valence-corrected chi connectivity index (χ3v) is 3.24. The largest absolute Gasteiger partial charge is 0.496 e. The fourth-order valence-electron chi connectivity index (χ4n) is 2.12. The molecule has 0 radical (unpaired) electrons. The Balaban J connectivity index is 2.56. The molecule has 0 aliphatic carbocycles. The van der Waals surface area contributed by atoms with Crippen LogP contribution in [0.5, 0.6) is 5.75 Å². The molecule has 0 heterocycles. The maximum absolute atomic E-state index is 5.39. The van der Waals surface area contributed by atoms with E-state index in [-0.39, 0.29) is 0 Å². The van der Waals surface area contributed by atoms with Crippen LogP contribution in [0.25, 0.3) is 0 Å². The molecule has 1 rings (SSSR count). The number of para-hydroxylation sites is 1. The van der Waals surface area contributed by atoms with Crippen LogP contribution in [0, 0.1) is 0 Å². The molecular weight excluding hydrogens is 250 g/mol. The number of ether oxygens (including phenoxy) is 1. The number of guanidine groups is 1. The van der Waals surface area contributed by atoms with Gasteiger partial charge in [-0.3, -0.25) is 4.99 Å². The maximum atomic E-state index is 5.39. The summed E-state index contributed by atoms with van der Waals surface area (Å²) in [6.07, 6.45) is 3.66. The minimum absolute atomic E-state index is 0.775. The van der Waals surface area contributed by atoms with Crippen molar-refractivity contribution in [3.8, 4) is 5.75 Å². The van der Waals surface area contributed by atoms with Crippen LogP contribution in [0.2, 0.25) is 0 Å². The summed E-state index contributed by atoms with van der Waals surface area (Å²) >= 11 is 0. The quantitative estimate of drug-likeness (QED) is 0.473. The van der Waals surface area contributed by atoms with Crippen LogP contribution >= 0.6 is 0 Å². The third-order valence-electron chi connectivity index (χ3n) is 3.24. The molecule has 20 heavy (non-hydrogen) atoms. The predicted octanol–water partition coefficient (Wildman–Crippen LogP) is 2.89. The van der Waals surface area contributed by atoms with Gasteiger partial charge in [0.15, 0.2) is 5.96 Å². The summed E-state index contributed by atoms with van der Waals surface area (Å²) in [5.41, 5.74) is 1.16. The molecule has 0 aromatic heterocycles. The van der Waals surface area contributed by atoms with E-state index >= 15 is 0 Å². The minimum Gasteiger partial charge on any atom is -0.496 e. The highest BCUT2D eigenvalue weighted by atomic mass is 16.5. The second-order valence-corrected chi connectivity index (χ2v) is 4.85. The van der Waals surface area contributed by atoms with E-state index in [2.05, 4.69) is 28.2 Å². The first-order valence-electron chi connectivity index (χ1n) is 7.26. The Kier molecular flexibility index (Phi) is 7.55. The topological polar surface area (TPSA) is 36.9 Å². The first-order chi connectivity index (χ1) is 9.72. The summed E-state index contributed by atoms with van der Waals surface area (Å²) in [7, 11) is 5.57. The zero-order chi connectivity index (χ0) is 14.8. The van der Waals surface area contributed by atoms with Gasteiger partial charge >= 0.3 is 0 Å². The van der Waals surface area contributed by atoms with Crippen LogP contribution in [0.1, 0.15) is 31.7 Å². The molecule has 1 aromatic carbocycles. The highest BCUT2D eigenvalue weighted by Gasteiger charge is 2.09. The molecule has 0 aliphatic rings. The average molecular weight is 277 g/mol. The van der Waals surface area contributed by atoms with Gasteiger partial charge in [-0.05, 0) is 12.5 Å². The minimum atomic E-state index is 0.775. The summed E-state index contributed by atoms with van der Waals surface area (Å²) in [4.78, 5) is 6.44. The molecule has 0 bridgehead atoms. The SMILES string of the molecule is CCCCCNC(=NC)N(C)Cc1ccccc1OC. The Morgan fingerprint density at radius 3 is 2.70 bits per heavy atom. The smallest absolute Gasteiger partial charge is 0.193 e. The van der Waals surface area contributed by atoms with Crippen molar-refractivity contribution in [1.82, 2.24) is 10.2 Å². The molecule has 0 saturated carbocycles. The number of hydrogen-bond acceptors (Lipinski definition) is 2. The van der Waals surface area contributed by atoms with Crippen molar-refractivity contribution in [2.45, 2.75) is 32.7 Å². The molecule has 0 fully saturated rings. The number of unbranched alkanes of at least 4 members (excludes halogenated alkanes) is 2. The van der Waals surface area contributed by atoms with Gasteiger partial charge < -0.3 is 15.0 Å². The normalized spacial score (nSPS) is 11.3. The molecule has 1 aromatic rings. The van der Waals surface area contributed by atoms with E-state index in [9.17, 15) is 0 Å². The van der Waals surface area contributed by atoms with Crippen molar-refractivity contribution in [2.75, 3.05) is 27.7 Å². The van der Waals surface area contributed by atoms with Gasteiger partial charge in [0.1, 0.15) is 5.75 Å². The van der Waals surface area contributed by atoms with Crippen molar-refractivity contribution in [2.24, 2.45) is 4.99 Å². The molecule has 0 unspecified atom stereocenters. The lowest BCUT2D eigenvalue weighted by atomic mass is 10.2. The van der Waals surface area contributed by atoms with Crippen molar-refractivity contribution >= 4 is 5.96 Å². The number of hydrogen-bond donors (Lipinski definition) is 1. The van der Waals surface area contributed by atoms with Gasteiger partial charge in [-0.25, -0.2) is 0 Å². The van der Waals surface area contributed by atoms with E-state index in [4.69, 9.17) is 4.74 Å². The lowest BCUT2D eigenvalue weighted by Crippen LogP contribution is -2.38. The van der Waals surface area contributed by atoms with Crippen LogP contribution in [-0.2, 0) is 6.54 Å². The highest BCUT2D eigenvalue weighted by Crippen LogP contribution is 2.18. The van der Waals surface area contributed by atoms with Crippen LogP contribution < -0.4 is 10.1 Å². The first-order valence-corrected chi connectivity index (χ1v) is 7.26. The van der Waals surface area contributed by atoms with Gasteiger partial charge in [0, 0.05) is 32.7 Å². The monoisotopic (exact) mass is 277 g/mol. The summed E-state index contributed by atoms with van der Waals surface area (Å²) in [6, 6.07) is 8.09. The number of benzene rings is 1. The van der Waals surface area contributed by atoms with Crippen molar-refractivity contribution < 1.29 is 4.74 Å². The molecule has 0 amide bonds. The fraction of sp³-hybridized carbons (Fsp3) is 0.562. The summed E-state index contributed by atoms with van der Waals surface area (Å²) in [5.74, 6) is 1.84. The van der Waals surface area contributed by atoms with Crippen molar-refractivity contribution in [1.29, 1.82) is 0 Å². The Bertz CT molecular complexity index is 418. The average Bonchev–Trinajstić information content (AvgIpc) is 2.48. The zero-order valence-electron chi connectivity index (χ0n) is 13.1. The Hall–Kier alpha value is -1.71. The van der Waals surface area contributed by atoms with E-state index in [1.54, 1.807) is 7.11 Å². The predicted molar refractivity (Wildman–Crippen MR) is 85.3 cm³/mol. The van der Waals surface area contributed by atoms with Gasteiger partial charge in [0.25, 0.3) is 0 Å². The van der Waals surface area contributed by atoms with Crippen LogP contribution in [0.15, 0.2) is 29.3 Å². The van der Waals surface area contributed by atoms with Crippen LogP contribution in [0.4, 0.5) is 0 Å². The highest BCUT2D eigenvalue weighted by molar-refractivity contribution is 5.79. The number of nitrogens with zero attached hydrogens (tertiary/aromatic N) is 2. The number of nitrogens with one attached hydrogen (secondary N) is 1. The number of rotatable bonds is 7. The maximum Gasteiger partial charge on any atom is 0.193 e. The van der Waals surface area contributed by atoms with Crippen LogP contribution in [0.3, 0.4) is 0 Å². The summed E-state index contributed by atoms with van der Waals surface area (Å²) in [6.45, 7) is 3.96. The van der Waals surface area contributed by atoms with E-state index in [0.29, 0.717) is 0 Å². The number of aliphatic imine (C=N–C) groups is 1. The molecule has 112 valence electrons. The number of methoxy groups -OCH3 is 1. The molecule has 0 spiro atoms. The van der Waals surface area contributed by atoms with Gasteiger partial charge in [-0.2, -0.15) is 0 Å². The Labute approximate surface area is 122 Å². The molecule has 0 saturated heterocycles. The van der Waals surface area contributed by atoms with Gasteiger partial charge in [0.05, 0.1) is 7.11 Å². The molecule has 0 aliphatic heterocycles. The lowest BCUT2D eigenvalue weighted by molar-refractivity contribution is 0.396. The second-order valence-electron chi connectivity index (χ2n) is 4.85. The third kappa shape index (κ3) is 5.11. The van der Waals surface area contributed by atoms with E-state index in [1.807, 2.05) is 32.3 Å². The van der Waals surface area contributed by atoms with Gasteiger partial charge in [-0.1, -0.05) is 38.0 Å². The van der Waals surface area contributed by atoms with Crippen LogP contribution in [-0.4, -0.2) is 38.6 Å². The first kappa shape index (κ1) is 16.3. The lowest BCUT2D eigenvalue weighted by Gasteiger charge is -2.23. The van der Waals surface area contributed by atoms with E-state index in [0.717, 1.165) is 30.4 Å². The van der Waals surface area contributed by atoms with Gasteiger partial charge in [0.2, 0.25) is 0 Å².